The Labute approximate surface area is 94.1 Å². The van der Waals surface area contributed by atoms with Gasteiger partial charge in [0.1, 0.15) is 5.82 Å². The Bertz CT molecular complexity index is 319. The lowest BCUT2D eigenvalue weighted by Crippen LogP contribution is -2.26. The molecule has 0 aliphatic carbocycles. The maximum Gasteiger partial charge on any atom is 0.124 e. The van der Waals surface area contributed by atoms with Gasteiger partial charge >= 0.3 is 0 Å². The van der Waals surface area contributed by atoms with Crippen LogP contribution in [0.1, 0.15) is 18.9 Å². The SMILES string of the molecule is C[C@H](CCO)NCc1ccc(F)cc1Cl. The Balaban J connectivity index is 2.50. The van der Waals surface area contributed by atoms with E-state index >= 15 is 0 Å². The number of aliphatic hydroxyl groups excluding tert-OH is 1. The molecule has 4 heteroatoms. The molecule has 0 aromatic heterocycles. The van der Waals surface area contributed by atoms with Gasteiger partial charge in [0.25, 0.3) is 0 Å². The number of rotatable bonds is 5. The molecule has 84 valence electrons. The van der Waals surface area contributed by atoms with E-state index < -0.39 is 0 Å². The van der Waals surface area contributed by atoms with Gasteiger partial charge in [0, 0.05) is 24.2 Å². The van der Waals surface area contributed by atoms with E-state index in [0.717, 1.165) is 5.56 Å². The summed E-state index contributed by atoms with van der Waals surface area (Å²) < 4.78 is 12.7. The van der Waals surface area contributed by atoms with E-state index in [2.05, 4.69) is 5.32 Å². The zero-order valence-electron chi connectivity index (χ0n) is 8.63. The summed E-state index contributed by atoms with van der Waals surface area (Å²) in [6.07, 6.45) is 0.693. The fraction of sp³-hybridized carbons (Fsp3) is 0.455. The van der Waals surface area contributed by atoms with Gasteiger partial charge in [0.15, 0.2) is 0 Å². The van der Waals surface area contributed by atoms with Crippen LogP contribution in [0.15, 0.2) is 18.2 Å². The number of hydrogen-bond donors (Lipinski definition) is 2. The van der Waals surface area contributed by atoms with Crippen LogP contribution in [0.2, 0.25) is 5.02 Å². The second-order valence-corrected chi connectivity index (χ2v) is 3.94. The van der Waals surface area contributed by atoms with Gasteiger partial charge in [0.2, 0.25) is 0 Å². The topological polar surface area (TPSA) is 32.3 Å². The minimum atomic E-state index is -0.327. The van der Waals surface area contributed by atoms with E-state index in [4.69, 9.17) is 16.7 Å². The lowest BCUT2D eigenvalue weighted by atomic mass is 10.2. The molecule has 1 rings (SSSR count). The second-order valence-electron chi connectivity index (χ2n) is 3.53. The fourth-order valence-corrected chi connectivity index (χ4v) is 1.48. The van der Waals surface area contributed by atoms with Gasteiger partial charge in [-0.15, -0.1) is 0 Å². The molecule has 2 N–H and O–H groups in total. The molecule has 1 aromatic rings. The quantitative estimate of drug-likeness (QED) is 0.815. The first-order chi connectivity index (χ1) is 7.13. The Hall–Kier alpha value is -0.640. The summed E-state index contributed by atoms with van der Waals surface area (Å²) in [7, 11) is 0. The zero-order valence-corrected chi connectivity index (χ0v) is 9.39. The summed E-state index contributed by atoms with van der Waals surface area (Å²) in [5, 5.41) is 12.3. The van der Waals surface area contributed by atoms with E-state index in [1.807, 2.05) is 6.92 Å². The third kappa shape index (κ3) is 4.16. The third-order valence-corrected chi connectivity index (χ3v) is 2.57. The molecule has 0 amide bonds. The van der Waals surface area contributed by atoms with Crippen molar-refractivity contribution in [3.8, 4) is 0 Å². The smallest absolute Gasteiger partial charge is 0.124 e. The lowest BCUT2D eigenvalue weighted by molar-refractivity contribution is 0.268. The highest BCUT2D eigenvalue weighted by molar-refractivity contribution is 6.31. The fourth-order valence-electron chi connectivity index (χ4n) is 1.24. The second kappa shape index (κ2) is 6.05. The molecule has 0 aliphatic rings. The van der Waals surface area contributed by atoms with Crippen molar-refractivity contribution in [1.82, 2.24) is 5.32 Å². The van der Waals surface area contributed by atoms with Gasteiger partial charge in [-0.2, -0.15) is 0 Å². The maximum absolute atomic E-state index is 12.7. The van der Waals surface area contributed by atoms with Crippen LogP contribution >= 0.6 is 11.6 Å². The Morgan fingerprint density at radius 3 is 2.87 bits per heavy atom. The summed E-state index contributed by atoms with van der Waals surface area (Å²) in [6, 6.07) is 4.57. The first kappa shape index (κ1) is 12.4. The van der Waals surface area contributed by atoms with Crippen LogP contribution in [0.4, 0.5) is 4.39 Å². The van der Waals surface area contributed by atoms with Crippen molar-refractivity contribution >= 4 is 11.6 Å². The number of hydrogen-bond acceptors (Lipinski definition) is 2. The maximum atomic E-state index is 12.7. The summed E-state index contributed by atoms with van der Waals surface area (Å²) in [5.74, 6) is -0.327. The predicted molar refractivity (Wildman–Crippen MR) is 59.4 cm³/mol. The van der Waals surface area contributed by atoms with Crippen LogP contribution in [0.25, 0.3) is 0 Å². The standard InChI is InChI=1S/C11H15ClFNO/c1-8(4-5-15)14-7-9-2-3-10(13)6-11(9)12/h2-3,6,8,14-15H,4-5,7H2,1H3/t8-/m1/s1. The first-order valence-electron chi connectivity index (χ1n) is 4.91. The van der Waals surface area contributed by atoms with Gasteiger partial charge in [-0.25, -0.2) is 4.39 Å². The molecule has 0 spiro atoms. The van der Waals surface area contributed by atoms with Crippen LogP contribution in [-0.2, 0) is 6.54 Å². The van der Waals surface area contributed by atoms with Gasteiger partial charge in [-0.3, -0.25) is 0 Å². The van der Waals surface area contributed by atoms with Crippen LogP contribution in [0.5, 0.6) is 0 Å². The Kier molecular flexibility index (Phi) is 5.02. The summed E-state index contributed by atoms with van der Waals surface area (Å²) in [5.41, 5.74) is 0.864. The monoisotopic (exact) mass is 231 g/mol. The highest BCUT2D eigenvalue weighted by Gasteiger charge is 2.04. The Morgan fingerprint density at radius 2 is 2.27 bits per heavy atom. The molecule has 1 aromatic carbocycles. The predicted octanol–water partition coefficient (Wildman–Crippen LogP) is 2.34. The van der Waals surface area contributed by atoms with Gasteiger partial charge in [-0.1, -0.05) is 17.7 Å². The van der Waals surface area contributed by atoms with Gasteiger partial charge in [-0.05, 0) is 31.0 Å². The van der Waals surface area contributed by atoms with E-state index in [0.29, 0.717) is 18.0 Å². The van der Waals surface area contributed by atoms with Crippen molar-refractivity contribution < 1.29 is 9.50 Å². The normalized spacial score (nSPS) is 12.8. The van der Waals surface area contributed by atoms with Gasteiger partial charge in [0.05, 0.1) is 0 Å². The van der Waals surface area contributed by atoms with Gasteiger partial charge < -0.3 is 10.4 Å². The average Bonchev–Trinajstić information content (AvgIpc) is 2.17. The number of nitrogens with one attached hydrogen (secondary N) is 1. The number of aliphatic hydroxyl groups is 1. The molecule has 0 saturated heterocycles. The highest BCUT2D eigenvalue weighted by Crippen LogP contribution is 2.17. The molecule has 0 radical (unpaired) electrons. The molecular weight excluding hydrogens is 217 g/mol. The van der Waals surface area contributed by atoms with E-state index in [-0.39, 0.29) is 18.5 Å². The summed E-state index contributed by atoms with van der Waals surface area (Å²) in [6.45, 7) is 2.72. The molecular formula is C11H15ClFNO. The first-order valence-corrected chi connectivity index (χ1v) is 5.29. The largest absolute Gasteiger partial charge is 0.396 e. The minimum absolute atomic E-state index is 0.158. The molecule has 0 unspecified atom stereocenters. The zero-order chi connectivity index (χ0) is 11.3. The summed E-state index contributed by atoms with van der Waals surface area (Å²) >= 11 is 5.86. The van der Waals surface area contributed by atoms with Crippen LogP contribution in [0, 0.1) is 5.82 Å². The van der Waals surface area contributed by atoms with Crippen LogP contribution in [0.3, 0.4) is 0 Å². The average molecular weight is 232 g/mol. The minimum Gasteiger partial charge on any atom is -0.396 e. The molecule has 1 atom stereocenters. The van der Waals surface area contributed by atoms with Crippen molar-refractivity contribution in [2.75, 3.05) is 6.61 Å². The third-order valence-electron chi connectivity index (χ3n) is 2.22. The van der Waals surface area contributed by atoms with E-state index in [9.17, 15) is 4.39 Å². The Morgan fingerprint density at radius 1 is 1.53 bits per heavy atom. The van der Waals surface area contributed by atoms with Crippen molar-refractivity contribution in [3.63, 3.8) is 0 Å². The number of halogens is 2. The van der Waals surface area contributed by atoms with Crippen LogP contribution < -0.4 is 5.32 Å². The van der Waals surface area contributed by atoms with Crippen molar-refractivity contribution in [3.05, 3.63) is 34.6 Å². The van der Waals surface area contributed by atoms with Crippen LogP contribution in [-0.4, -0.2) is 17.8 Å². The molecule has 0 saturated carbocycles. The van der Waals surface area contributed by atoms with Crippen molar-refractivity contribution in [2.45, 2.75) is 25.9 Å². The van der Waals surface area contributed by atoms with Crippen molar-refractivity contribution in [2.24, 2.45) is 0 Å². The van der Waals surface area contributed by atoms with Crippen molar-refractivity contribution in [1.29, 1.82) is 0 Å². The molecule has 0 aliphatic heterocycles. The molecule has 0 fully saturated rings. The molecule has 0 heterocycles. The van der Waals surface area contributed by atoms with E-state index in [1.54, 1.807) is 6.07 Å². The summed E-state index contributed by atoms with van der Waals surface area (Å²) in [4.78, 5) is 0. The highest BCUT2D eigenvalue weighted by atomic mass is 35.5. The lowest BCUT2D eigenvalue weighted by Gasteiger charge is -2.12. The molecule has 2 nitrogen and oxygen atoms in total. The van der Waals surface area contributed by atoms with E-state index in [1.165, 1.54) is 12.1 Å². The molecule has 15 heavy (non-hydrogen) atoms. The molecule has 0 bridgehead atoms. The number of benzene rings is 1.